The van der Waals surface area contributed by atoms with Crippen LogP contribution in [0.4, 0.5) is 0 Å². The van der Waals surface area contributed by atoms with Gasteiger partial charge >= 0.3 is 0 Å². The van der Waals surface area contributed by atoms with E-state index in [9.17, 15) is 15.0 Å². The molecule has 0 radical (unpaired) electrons. The molecule has 3 rings (SSSR count). The van der Waals surface area contributed by atoms with Gasteiger partial charge in [-0.25, -0.2) is 0 Å². The smallest absolute Gasteiger partial charge is 0.274 e. The van der Waals surface area contributed by atoms with Crippen LogP contribution in [0.25, 0.3) is 22.6 Å². The molecule has 2 aromatic heterocycles. The minimum absolute atomic E-state index is 0.00595. The van der Waals surface area contributed by atoms with Gasteiger partial charge in [0.15, 0.2) is 17.2 Å². The Morgan fingerprint density at radius 3 is 2.35 bits per heavy atom. The first-order valence-corrected chi connectivity index (χ1v) is 11.8. The normalized spacial score (nSPS) is 11.5. The van der Waals surface area contributed by atoms with E-state index in [1.807, 2.05) is 20.8 Å². The Bertz CT molecular complexity index is 1110. The Morgan fingerprint density at radius 1 is 1.03 bits per heavy atom. The van der Waals surface area contributed by atoms with Gasteiger partial charge in [-0.2, -0.15) is 0 Å². The van der Waals surface area contributed by atoms with E-state index in [2.05, 4.69) is 34.4 Å². The molecule has 0 aliphatic heterocycles. The minimum Gasteiger partial charge on any atom is -0.508 e. The molecule has 1 amide bonds. The molecule has 0 aliphatic carbocycles. The van der Waals surface area contributed by atoms with E-state index in [0.29, 0.717) is 35.5 Å². The second-order valence-corrected chi connectivity index (χ2v) is 8.64. The molecule has 0 aliphatic rings. The van der Waals surface area contributed by atoms with Crippen LogP contribution in [0.5, 0.6) is 11.5 Å². The molecule has 0 saturated carbocycles. The number of amides is 1. The van der Waals surface area contributed by atoms with Crippen molar-refractivity contribution < 1.29 is 24.1 Å². The fourth-order valence-corrected chi connectivity index (χ4v) is 3.98. The third-order valence-corrected chi connectivity index (χ3v) is 5.53. The number of carbonyl (C=O) groups is 1. The van der Waals surface area contributed by atoms with Crippen LogP contribution in [0.2, 0.25) is 0 Å². The van der Waals surface area contributed by atoms with Crippen molar-refractivity contribution >= 4 is 5.91 Å². The average molecular weight is 471 g/mol. The summed E-state index contributed by atoms with van der Waals surface area (Å²) in [5.41, 5.74) is 2.00. The van der Waals surface area contributed by atoms with Gasteiger partial charge in [0.1, 0.15) is 17.1 Å². The maximum atomic E-state index is 12.7. The highest BCUT2D eigenvalue weighted by atomic mass is 16.5. The van der Waals surface area contributed by atoms with E-state index in [0.717, 1.165) is 31.6 Å². The monoisotopic (exact) mass is 470 g/mol. The van der Waals surface area contributed by atoms with Crippen LogP contribution >= 0.6 is 0 Å². The summed E-state index contributed by atoms with van der Waals surface area (Å²) in [6.45, 7) is 12.8. The number of aromatic hydroxyl groups is 2. The van der Waals surface area contributed by atoms with Crippen molar-refractivity contribution in [3.63, 3.8) is 0 Å². The van der Waals surface area contributed by atoms with Crippen LogP contribution in [-0.4, -0.2) is 51.0 Å². The topological polar surface area (TPSA) is 125 Å². The number of phenolic OH excluding ortho intramolecular Hbond substituents is 2. The molecule has 1 aromatic carbocycles. The molecule has 0 saturated heterocycles. The molecule has 0 spiro atoms. The Hall–Kier alpha value is -3.33. The minimum atomic E-state index is -0.425. The first-order chi connectivity index (χ1) is 16.3. The van der Waals surface area contributed by atoms with Crippen LogP contribution in [-0.2, 0) is 6.54 Å². The van der Waals surface area contributed by atoms with E-state index in [1.165, 1.54) is 6.07 Å². The van der Waals surface area contributed by atoms with E-state index < -0.39 is 5.91 Å². The predicted octanol–water partition coefficient (Wildman–Crippen LogP) is 4.90. The molecule has 0 fully saturated rings. The number of carbonyl (C=O) groups excluding carboxylic acids is 1. The van der Waals surface area contributed by atoms with Gasteiger partial charge in [-0.05, 0) is 50.4 Å². The number of aromatic nitrogens is 2. The number of hydrogen-bond donors (Lipinski definition) is 3. The molecule has 0 atom stereocenters. The van der Waals surface area contributed by atoms with Crippen LogP contribution in [0.15, 0.2) is 27.2 Å². The van der Waals surface area contributed by atoms with Gasteiger partial charge in [-0.3, -0.25) is 9.69 Å². The lowest BCUT2D eigenvalue weighted by Gasteiger charge is -2.18. The van der Waals surface area contributed by atoms with Crippen LogP contribution in [0.3, 0.4) is 0 Å². The largest absolute Gasteiger partial charge is 0.508 e. The quantitative estimate of drug-likeness (QED) is 0.361. The summed E-state index contributed by atoms with van der Waals surface area (Å²) in [4.78, 5) is 15.0. The molecule has 2 heterocycles. The lowest BCUT2D eigenvalue weighted by Crippen LogP contribution is -2.25. The zero-order valence-corrected chi connectivity index (χ0v) is 20.5. The predicted molar refractivity (Wildman–Crippen MR) is 129 cm³/mol. The van der Waals surface area contributed by atoms with Crippen LogP contribution < -0.4 is 5.32 Å². The maximum Gasteiger partial charge on any atom is 0.274 e. The van der Waals surface area contributed by atoms with E-state index in [4.69, 9.17) is 9.05 Å². The van der Waals surface area contributed by atoms with Crippen molar-refractivity contribution in [3.05, 3.63) is 35.2 Å². The second-order valence-electron chi connectivity index (χ2n) is 8.64. The third-order valence-electron chi connectivity index (χ3n) is 5.53. The van der Waals surface area contributed by atoms with Gasteiger partial charge in [-0.15, -0.1) is 0 Å². The molecule has 0 bridgehead atoms. The van der Waals surface area contributed by atoms with Crippen molar-refractivity contribution in [2.24, 2.45) is 0 Å². The van der Waals surface area contributed by atoms with Gasteiger partial charge in [0, 0.05) is 25.2 Å². The second kappa shape index (κ2) is 11.2. The Kier molecular flexibility index (Phi) is 8.33. The number of nitrogens with one attached hydrogen (secondary N) is 1. The summed E-state index contributed by atoms with van der Waals surface area (Å²) in [6, 6.07) is 4.68. The van der Waals surface area contributed by atoms with Gasteiger partial charge < -0.3 is 24.6 Å². The molecule has 0 unspecified atom stereocenters. The number of phenols is 2. The zero-order chi connectivity index (χ0) is 24.8. The first kappa shape index (κ1) is 25.3. The highest BCUT2D eigenvalue weighted by molar-refractivity contribution is 6.01. The summed E-state index contributed by atoms with van der Waals surface area (Å²) in [6.07, 6.45) is 2.06. The Balaban J connectivity index is 2.11. The average Bonchev–Trinajstić information content (AvgIpc) is 3.41. The summed E-state index contributed by atoms with van der Waals surface area (Å²) < 4.78 is 11.2. The van der Waals surface area contributed by atoms with Crippen molar-refractivity contribution in [1.82, 2.24) is 20.5 Å². The van der Waals surface area contributed by atoms with E-state index in [-0.39, 0.29) is 28.9 Å². The lowest BCUT2D eigenvalue weighted by atomic mass is 9.95. The summed E-state index contributed by atoms with van der Waals surface area (Å²) in [7, 11) is 0. The molecule has 9 heteroatoms. The molecule has 34 heavy (non-hydrogen) atoms. The molecule has 3 aromatic rings. The maximum absolute atomic E-state index is 12.7. The van der Waals surface area contributed by atoms with Crippen molar-refractivity contribution in [1.29, 1.82) is 0 Å². The zero-order valence-electron chi connectivity index (χ0n) is 20.5. The lowest BCUT2D eigenvalue weighted by molar-refractivity contribution is 0.0947. The fourth-order valence-electron chi connectivity index (χ4n) is 3.98. The van der Waals surface area contributed by atoms with Gasteiger partial charge in [0.05, 0.1) is 11.3 Å². The summed E-state index contributed by atoms with van der Waals surface area (Å²) in [5.74, 6) is -0.157. The molecular weight excluding hydrogens is 436 g/mol. The Morgan fingerprint density at radius 2 is 1.74 bits per heavy atom. The molecule has 3 N–H and O–H groups in total. The van der Waals surface area contributed by atoms with Crippen molar-refractivity contribution in [3.8, 4) is 34.1 Å². The van der Waals surface area contributed by atoms with Crippen LogP contribution in [0, 0.1) is 0 Å². The molecular formula is C25H34N4O5. The Labute approximate surface area is 199 Å². The van der Waals surface area contributed by atoms with Gasteiger partial charge in [0.25, 0.3) is 5.91 Å². The standard InChI is InChI=1S/C25H34N4O5/c1-6-9-29(10-7-2)14-16-11-21(33-27-16)22-23(25(32)26-8-3)28-34-24(22)18-12-17(15(4)5)19(30)13-20(18)31/h11-13,15,30-31H,6-10,14H2,1-5H3,(H,26,32). The molecule has 9 nitrogen and oxygen atoms in total. The van der Waals surface area contributed by atoms with Gasteiger partial charge in [0.2, 0.25) is 0 Å². The van der Waals surface area contributed by atoms with Gasteiger partial charge in [-0.1, -0.05) is 38.0 Å². The van der Waals surface area contributed by atoms with Crippen molar-refractivity contribution in [2.75, 3.05) is 19.6 Å². The highest BCUT2D eigenvalue weighted by Gasteiger charge is 2.29. The van der Waals surface area contributed by atoms with Crippen LogP contribution in [0.1, 0.15) is 75.1 Å². The fraction of sp³-hybridized carbons (Fsp3) is 0.480. The number of nitrogens with zero attached hydrogens (tertiary/aromatic N) is 3. The number of hydrogen-bond acceptors (Lipinski definition) is 8. The highest BCUT2D eigenvalue weighted by Crippen LogP contribution is 2.43. The van der Waals surface area contributed by atoms with E-state index in [1.54, 1.807) is 12.1 Å². The number of rotatable bonds is 11. The van der Waals surface area contributed by atoms with E-state index >= 15 is 0 Å². The third kappa shape index (κ3) is 5.41. The molecule has 184 valence electrons. The number of benzene rings is 1. The van der Waals surface area contributed by atoms with Crippen molar-refractivity contribution in [2.45, 2.75) is 59.9 Å². The summed E-state index contributed by atoms with van der Waals surface area (Å²) >= 11 is 0. The summed E-state index contributed by atoms with van der Waals surface area (Å²) in [5, 5.41) is 31.8. The SMILES string of the molecule is CCCN(CCC)Cc1cc(-c2c(C(=O)NCC)noc2-c2cc(C(C)C)c(O)cc2O)on1. The first-order valence-electron chi connectivity index (χ1n) is 11.8.